The van der Waals surface area contributed by atoms with Crippen molar-refractivity contribution >= 4 is 25.0 Å². The summed E-state index contributed by atoms with van der Waals surface area (Å²) >= 11 is 0. The molecule has 4 aromatic rings. The van der Waals surface area contributed by atoms with E-state index in [1.54, 1.807) is 24.5 Å². The van der Waals surface area contributed by atoms with Crippen LogP contribution in [0.1, 0.15) is 76.5 Å². The number of benzene rings is 1. The van der Waals surface area contributed by atoms with Crippen LogP contribution in [0, 0.1) is 0 Å². The maximum atomic E-state index is 13.6. The Kier molecular flexibility index (Phi) is 8.66. The number of halogens is 2. The highest BCUT2D eigenvalue weighted by Gasteiger charge is 2.27. The molecule has 0 amide bonds. The monoisotopic (exact) mass is 549 g/mol. The Hall–Kier alpha value is -4.48. The van der Waals surface area contributed by atoms with Gasteiger partial charge < -0.3 is 19.7 Å². The van der Waals surface area contributed by atoms with Crippen molar-refractivity contribution in [3.63, 3.8) is 0 Å². The number of carboxylic acids is 1. The lowest BCUT2D eigenvalue weighted by Gasteiger charge is -2.10. The Bertz CT molecular complexity index is 1570. The zero-order valence-electron chi connectivity index (χ0n) is 22.7. The number of H-pyrrole nitrogens is 2. The van der Waals surface area contributed by atoms with Crippen LogP contribution in [0.3, 0.4) is 0 Å². The summed E-state index contributed by atoms with van der Waals surface area (Å²) in [6, 6.07) is 6.28. The first kappa shape index (κ1) is 28.5. The Morgan fingerprint density at radius 2 is 1.77 bits per heavy atom. The predicted octanol–water partition coefficient (Wildman–Crippen LogP) is 5.70. The molecular formula is C28H30BF2N5O4. The Morgan fingerprint density at radius 1 is 1.05 bits per heavy atom. The van der Waals surface area contributed by atoms with E-state index in [1.165, 1.54) is 16.8 Å². The molecule has 0 unspecified atom stereocenters. The van der Waals surface area contributed by atoms with E-state index in [0.717, 1.165) is 28.3 Å². The second-order valence-corrected chi connectivity index (χ2v) is 9.07. The standard InChI is InChI=1S/C28H30BF2N5O4/c1-5-16-14-32-27(19(16)6-2)24(40-29(30)31)13-23(37)26-21(8-4)20(7-3)25(33-26)22-15-36(35-34-22)18-11-9-10-17(12-18)28(38)39/h9-15,32-33H,5-8H2,1-4H3,(H,38,39)/b24-13-. The summed E-state index contributed by atoms with van der Waals surface area (Å²) in [6.07, 6.45) is 6.85. The highest BCUT2D eigenvalue weighted by Crippen LogP contribution is 2.31. The number of nitrogens with zero attached hydrogens (tertiary/aromatic N) is 3. The van der Waals surface area contributed by atoms with Gasteiger partial charge in [0.25, 0.3) is 0 Å². The van der Waals surface area contributed by atoms with E-state index in [2.05, 4.69) is 20.3 Å². The average molecular weight is 549 g/mol. The summed E-state index contributed by atoms with van der Waals surface area (Å²) in [6.45, 7) is 7.73. The van der Waals surface area contributed by atoms with Crippen molar-refractivity contribution in [3.8, 4) is 17.1 Å². The molecule has 40 heavy (non-hydrogen) atoms. The number of carbonyl (C=O) groups excluding carboxylic acids is 1. The van der Waals surface area contributed by atoms with E-state index in [4.69, 9.17) is 4.65 Å². The molecule has 0 radical (unpaired) electrons. The highest BCUT2D eigenvalue weighted by molar-refractivity contribution is 6.36. The van der Waals surface area contributed by atoms with Gasteiger partial charge in [-0.3, -0.25) is 4.79 Å². The van der Waals surface area contributed by atoms with Gasteiger partial charge >= 0.3 is 13.4 Å². The molecule has 9 nitrogen and oxygen atoms in total. The van der Waals surface area contributed by atoms with Crippen LogP contribution < -0.4 is 0 Å². The molecule has 0 bridgehead atoms. The van der Waals surface area contributed by atoms with Crippen LogP contribution in [0.5, 0.6) is 0 Å². The fraction of sp³-hybridized carbons (Fsp3) is 0.286. The van der Waals surface area contributed by atoms with Crippen molar-refractivity contribution in [1.82, 2.24) is 25.0 Å². The molecule has 3 heterocycles. The molecule has 4 rings (SSSR count). The number of aryl methyl sites for hydroxylation is 1. The molecule has 3 aromatic heterocycles. The van der Waals surface area contributed by atoms with Crippen LogP contribution in [0.15, 0.2) is 42.7 Å². The molecule has 0 aliphatic heterocycles. The van der Waals surface area contributed by atoms with Gasteiger partial charge in [0.05, 0.1) is 34.5 Å². The number of nitrogens with one attached hydrogen (secondary N) is 2. The number of aromatic carboxylic acids is 1. The van der Waals surface area contributed by atoms with Crippen molar-refractivity contribution in [2.75, 3.05) is 0 Å². The number of aromatic amines is 2. The highest BCUT2D eigenvalue weighted by atomic mass is 19.2. The molecular weight excluding hydrogens is 519 g/mol. The van der Waals surface area contributed by atoms with Gasteiger partial charge in [-0.25, -0.2) is 18.1 Å². The third-order valence-corrected chi connectivity index (χ3v) is 6.82. The number of aromatic nitrogens is 5. The summed E-state index contributed by atoms with van der Waals surface area (Å²) in [4.78, 5) is 31.1. The predicted molar refractivity (Wildman–Crippen MR) is 148 cm³/mol. The van der Waals surface area contributed by atoms with Gasteiger partial charge in [0.15, 0.2) is 0 Å². The Morgan fingerprint density at radius 3 is 2.40 bits per heavy atom. The van der Waals surface area contributed by atoms with Gasteiger partial charge in [0, 0.05) is 12.3 Å². The average Bonchev–Trinajstić information content (AvgIpc) is 3.68. The molecule has 0 atom stereocenters. The number of hydrogen-bond acceptors (Lipinski definition) is 5. The van der Waals surface area contributed by atoms with Crippen LogP contribution in [-0.4, -0.2) is 49.3 Å². The van der Waals surface area contributed by atoms with Crippen molar-refractivity contribution in [2.24, 2.45) is 0 Å². The van der Waals surface area contributed by atoms with E-state index < -0.39 is 19.2 Å². The summed E-state index contributed by atoms with van der Waals surface area (Å²) < 4.78 is 33.1. The summed E-state index contributed by atoms with van der Waals surface area (Å²) in [5, 5.41) is 17.7. The minimum Gasteiger partial charge on any atom is -0.503 e. The Labute approximate surface area is 230 Å². The van der Waals surface area contributed by atoms with E-state index in [0.29, 0.717) is 48.5 Å². The molecule has 1 aromatic carbocycles. The van der Waals surface area contributed by atoms with Crippen LogP contribution in [0.25, 0.3) is 22.8 Å². The quantitative estimate of drug-likeness (QED) is 0.0901. The normalized spacial score (nSPS) is 11.6. The fourth-order valence-electron chi connectivity index (χ4n) is 4.96. The van der Waals surface area contributed by atoms with E-state index in [1.807, 2.05) is 27.7 Å². The van der Waals surface area contributed by atoms with Crippen LogP contribution in [0.2, 0.25) is 0 Å². The van der Waals surface area contributed by atoms with Crippen LogP contribution in [0.4, 0.5) is 8.63 Å². The first-order valence-electron chi connectivity index (χ1n) is 13.1. The SMILES string of the molecule is CCc1c[nH]c(/C(=C/C(=O)c2[nH]c(-c3cn(-c4cccc(C(=O)O)c4)nn3)c(CC)c2CC)OB(F)F)c1CC. The molecule has 3 N–H and O–H groups in total. The molecule has 208 valence electrons. The second-order valence-electron chi connectivity index (χ2n) is 9.07. The Balaban J connectivity index is 1.77. The number of allylic oxidation sites excluding steroid dienone is 1. The van der Waals surface area contributed by atoms with Gasteiger partial charge in [0.2, 0.25) is 5.78 Å². The maximum Gasteiger partial charge on any atom is 0.796 e. The molecule has 0 fully saturated rings. The third kappa shape index (κ3) is 5.61. The lowest BCUT2D eigenvalue weighted by atomic mass is 10.00. The maximum absolute atomic E-state index is 13.6. The molecule has 0 spiro atoms. The summed E-state index contributed by atoms with van der Waals surface area (Å²) in [5.74, 6) is -1.79. The fourth-order valence-corrected chi connectivity index (χ4v) is 4.96. The van der Waals surface area contributed by atoms with Crippen LogP contribution in [-0.2, 0) is 30.3 Å². The summed E-state index contributed by atoms with van der Waals surface area (Å²) in [7, 11) is -3.11. The van der Waals surface area contributed by atoms with E-state index in [9.17, 15) is 23.3 Å². The van der Waals surface area contributed by atoms with Gasteiger partial charge in [0.1, 0.15) is 11.5 Å². The third-order valence-electron chi connectivity index (χ3n) is 6.82. The molecule has 0 saturated heterocycles. The first-order valence-corrected chi connectivity index (χ1v) is 13.1. The van der Waals surface area contributed by atoms with Gasteiger partial charge in [-0.15, -0.1) is 5.10 Å². The van der Waals surface area contributed by atoms with E-state index in [-0.39, 0.29) is 17.0 Å². The van der Waals surface area contributed by atoms with Crippen molar-refractivity contribution in [3.05, 3.63) is 81.9 Å². The molecule has 12 heteroatoms. The van der Waals surface area contributed by atoms with Gasteiger partial charge in [-0.1, -0.05) is 39.0 Å². The van der Waals surface area contributed by atoms with Crippen molar-refractivity contribution < 1.29 is 28.0 Å². The molecule has 0 aliphatic rings. The lowest BCUT2D eigenvalue weighted by Crippen LogP contribution is -2.09. The number of ketones is 1. The minimum absolute atomic E-state index is 0.109. The topological polar surface area (TPSA) is 126 Å². The number of rotatable bonds is 12. The number of carboxylic acid groups (broad SMARTS) is 1. The van der Waals surface area contributed by atoms with Gasteiger partial charge in [-0.2, -0.15) is 0 Å². The number of hydrogen-bond donors (Lipinski definition) is 3. The largest absolute Gasteiger partial charge is 0.796 e. The first-order chi connectivity index (χ1) is 19.2. The smallest absolute Gasteiger partial charge is 0.503 e. The van der Waals surface area contributed by atoms with Crippen molar-refractivity contribution in [2.45, 2.75) is 53.4 Å². The van der Waals surface area contributed by atoms with E-state index >= 15 is 0 Å². The number of carbonyl (C=O) groups is 2. The zero-order chi connectivity index (χ0) is 29.0. The minimum atomic E-state index is -3.11. The summed E-state index contributed by atoms with van der Waals surface area (Å²) in [5.41, 5.74) is 5.65. The van der Waals surface area contributed by atoms with Gasteiger partial charge in [-0.05, 0) is 66.1 Å². The van der Waals surface area contributed by atoms with Crippen LogP contribution >= 0.6 is 0 Å². The second kappa shape index (κ2) is 12.1. The molecule has 0 aliphatic carbocycles. The zero-order valence-corrected chi connectivity index (χ0v) is 22.7. The lowest BCUT2D eigenvalue weighted by molar-refractivity contribution is 0.0696. The van der Waals surface area contributed by atoms with Crippen molar-refractivity contribution in [1.29, 1.82) is 0 Å². The molecule has 0 saturated carbocycles.